The molecule has 8 nitrogen and oxygen atoms in total. The first kappa shape index (κ1) is 11.5. The second kappa shape index (κ2) is 4.23. The molecule has 3 rings (SSSR count). The Morgan fingerprint density at radius 3 is 3.06 bits per heavy atom. The van der Waals surface area contributed by atoms with Crippen LogP contribution in [-0.2, 0) is 4.74 Å². The molecule has 0 radical (unpaired) electrons. The molecular weight excluding hydrogens is 238 g/mol. The Labute approximate surface area is 103 Å². The summed E-state index contributed by atoms with van der Waals surface area (Å²) in [6.07, 6.45) is 0.420. The highest BCUT2D eigenvalue weighted by molar-refractivity contribution is 5.70. The topological polar surface area (TPSA) is 126 Å². The van der Waals surface area contributed by atoms with E-state index >= 15 is 0 Å². The van der Waals surface area contributed by atoms with Gasteiger partial charge < -0.3 is 31.3 Å². The summed E-state index contributed by atoms with van der Waals surface area (Å²) in [5, 5.41) is 25.0. The fraction of sp³-hybridized carbons (Fsp3) is 0.600. The fourth-order valence-corrected chi connectivity index (χ4v) is 2.29. The summed E-state index contributed by atoms with van der Waals surface area (Å²) in [6, 6.07) is 0. The summed E-state index contributed by atoms with van der Waals surface area (Å²) >= 11 is 0. The van der Waals surface area contributed by atoms with Gasteiger partial charge in [0.2, 0.25) is 5.95 Å². The van der Waals surface area contributed by atoms with E-state index in [1.807, 2.05) is 0 Å². The molecule has 18 heavy (non-hydrogen) atoms. The van der Waals surface area contributed by atoms with Crippen LogP contribution in [0.2, 0.25) is 0 Å². The predicted molar refractivity (Wildman–Crippen MR) is 63.8 cm³/mol. The predicted octanol–water partition coefficient (Wildman–Crippen LogP) is -1.27. The molecule has 0 aromatic carbocycles. The van der Waals surface area contributed by atoms with Crippen molar-refractivity contribution in [3.8, 4) is 0 Å². The van der Waals surface area contributed by atoms with Crippen molar-refractivity contribution in [1.29, 1.82) is 0 Å². The number of anilines is 3. The number of nitrogens with one attached hydrogen (secondary N) is 2. The van der Waals surface area contributed by atoms with E-state index in [0.717, 1.165) is 5.69 Å². The minimum Gasteiger partial charge on any atom is -0.394 e. The van der Waals surface area contributed by atoms with E-state index in [4.69, 9.17) is 15.6 Å². The van der Waals surface area contributed by atoms with Crippen LogP contribution in [0.5, 0.6) is 0 Å². The number of aliphatic hydroxyl groups excluding tert-OH is 2. The molecule has 4 atom stereocenters. The van der Waals surface area contributed by atoms with Gasteiger partial charge in [-0.05, 0) is 0 Å². The molecule has 2 aliphatic rings. The summed E-state index contributed by atoms with van der Waals surface area (Å²) in [7, 11) is 0. The van der Waals surface area contributed by atoms with E-state index in [0.29, 0.717) is 12.2 Å². The molecule has 0 amide bonds. The van der Waals surface area contributed by atoms with Crippen molar-refractivity contribution in [3.05, 3.63) is 6.20 Å². The van der Waals surface area contributed by atoms with Gasteiger partial charge in [0.1, 0.15) is 12.3 Å². The van der Waals surface area contributed by atoms with Crippen molar-refractivity contribution in [2.45, 2.75) is 30.9 Å². The maximum Gasteiger partial charge on any atom is 0.222 e. The average Bonchev–Trinajstić information content (AvgIpc) is 2.91. The minimum atomic E-state index is -0.650. The Balaban J connectivity index is 1.71. The van der Waals surface area contributed by atoms with Gasteiger partial charge >= 0.3 is 0 Å². The van der Waals surface area contributed by atoms with Crippen LogP contribution in [0.3, 0.4) is 0 Å². The van der Waals surface area contributed by atoms with Crippen molar-refractivity contribution in [2.75, 3.05) is 23.0 Å². The molecule has 1 aromatic rings. The van der Waals surface area contributed by atoms with Crippen molar-refractivity contribution >= 4 is 17.5 Å². The van der Waals surface area contributed by atoms with Crippen LogP contribution in [0, 0.1) is 0 Å². The van der Waals surface area contributed by atoms with Crippen LogP contribution in [0.1, 0.15) is 6.42 Å². The molecule has 1 fully saturated rings. The maximum atomic E-state index is 9.69. The number of fused-ring (bicyclic) bond motifs is 1. The molecule has 0 spiro atoms. The number of nitrogen functional groups attached to an aromatic ring is 1. The van der Waals surface area contributed by atoms with Gasteiger partial charge in [0.25, 0.3) is 0 Å². The second-order valence-electron chi connectivity index (χ2n) is 4.46. The van der Waals surface area contributed by atoms with Gasteiger partial charge in [-0.1, -0.05) is 0 Å². The number of hydrogen-bond acceptors (Lipinski definition) is 8. The van der Waals surface area contributed by atoms with Crippen LogP contribution >= 0.6 is 0 Å². The molecule has 0 saturated carbocycles. The van der Waals surface area contributed by atoms with Crippen molar-refractivity contribution in [3.63, 3.8) is 0 Å². The van der Waals surface area contributed by atoms with Crippen LogP contribution in [0.25, 0.3) is 0 Å². The Bertz CT molecular complexity index is 457. The third kappa shape index (κ3) is 1.84. The first-order chi connectivity index (χ1) is 8.67. The quantitative estimate of drug-likeness (QED) is 0.442. The highest BCUT2D eigenvalue weighted by Crippen LogP contribution is 2.32. The van der Waals surface area contributed by atoms with Crippen LogP contribution < -0.4 is 16.4 Å². The molecular formula is C10H15N5O3. The van der Waals surface area contributed by atoms with Crippen molar-refractivity contribution < 1.29 is 14.9 Å². The fourth-order valence-electron chi connectivity index (χ4n) is 2.29. The zero-order valence-electron chi connectivity index (χ0n) is 9.58. The summed E-state index contributed by atoms with van der Waals surface area (Å²) in [6.45, 7) is -0.190. The lowest BCUT2D eigenvalue weighted by atomic mass is 10.1. The number of ether oxygens (including phenoxy) is 1. The number of hydrogen-bond donors (Lipinski definition) is 5. The lowest BCUT2D eigenvalue weighted by molar-refractivity contribution is -0.0240. The number of rotatable bonds is 2. The number of nitrogens with two attached hydrogens (primary N) is 1. The van der Waals surface area contributed by atoms with E-state index in [9.17, 15) is 5.11 Å². The Morgan fingerprint density at radius 2 is 2.33 bits per heavy atom. The monoisotopic (exact) mass is 253 g/mol. The molecule has 1 aromatic heterocycles. The molecule has 8 heteroatoms. The van der Waals surface area contributed by atoms with Gasteiger partial charge in [-0.25, -0.2) is 4.98 Å². The van der Waals surface area contributed by atoms with Gasteiger partial charge in [0.05, 0.1) is 30.7 Å². The zero-order valence-corrected chi connectivity index (χ0v) is 9.58. The smallest absolute Gasteiger partial charge is 0.222 e. The molecule has 1 unspecified atom stereocenters. The van der Waals surface area contributed by atoms with E-state index in [1.54, 1.807) is 6.20 Å². The molecule has 1 saturated heterocycles. The maximum absolute atomic E-state index is 9.69. The van der Waals surface area contributed by atoms with Crippen LogP contribution in [0.4, 0.5) is 17.5 Å². The van der Waals surface area contributed by atoms with E-state index in [-0.39, 0.29) is 24.8 Å². The summed E-state index contributed by atoms with van der Waals surface area (Å²) in [4.78, 5) is 7.95. The molecule has 0 aliphatic carbocycles. The first-order valence-electron chi connectivity index (χ1n) is 5.77. The minimum absolute atomic E-state index is 0.190. The van der Waals surface area contributed by atoms with Crippen LogP contribution in [0.15, 0.2) is 6.20 Å². The Kier molecular flexibility index (Phi) is 2.69. The van der Waals surface area contributed by atoms with Gasteiger partial charge in [0, 0.05) is 6.42 Å². The number of aliphatic hydroxyl groups is 2. The van der Waals surface area contributed by atoms with E-state index in [1.165, 1.54) is 0 Å². The average molecular weight is 253 g/mol. The second-order valence-corrected chi connectivity index (χ2v) is 4.46. The highest BCUT2D eigenvalue weighted by atomic mass is 16.5. The lowest BCUT2D eigenvalue weighted by Gasteiger charge is -2.19. The molecule has 3 heterocycles. The first-order valence-corrected chi connectivity index (χ1v) is 5.77. The van der Waals surface area contributed by atoms with Gasteiger partial charge in [0.15, 0.2) is 5.82 Å². The van der Waals surface area contributed by atoms with Gasteiger partial charge in [-0.2, -0.15) is 4.98 Å². The van der Waals surface area contributed by atoms with Crippen molar-refractivity contribution in [2.24, 2.45) is 0 Å². The Hall–Kier alpha value is -1.64. The third-order valence-electron chi connectivity index (χ3n) is 3.21. The normalized spacial score (nSPS) is 33.9. The Morgan fingerprint density at radius 1 is 1.50 bits per heavy atom. The summed E-state index contributed by atoms with van der Waals surface area (Å²) in [5.41, 5.74) is 6.25. The lowest BCUT2D eigenvalue weighted by Crippen LogP contribution is -2.36. The van der Waals surface area contributed by atoms with Crippen LogP contribution in [-0.4, -0.2) is 51.3 Å². The third-order valence-corrected chi connectivity index (χ3v) is 3.21. The molecule has 2 aliphatic heterocycles. The number of nitrogens with zero attached hydrogens (tertiary/aromatic N) is 2. The number of aromatic nitrogens is 2. The van der Waals surface area contributed by atoms with Crippen molar-refractivity contribution in [1.82, 2.24) is 9.97 Å². The highest BCUT2D eigenvalue weighted by Gasteiger charge is 2.40. The summed E-state index contributed by atoms with van der Waals surface area (Å²) in [5.74, 6) is 0.822. The zero-order chi connectivity index (χ0) is 12.7. The standard InChI is InChI=1S/C10H15N5O3/c11-10-12-2-4-8(15-10)14-9(13-4)6-1-5(17)7(3-16)18-6/h2,5-7,9,13,16-17H,1,3H2,(H3,11,12,14,15)/t5-,6+,7+,9?/m0/s1. The largest absolute Gasteiger partial charge is 0.394 e. The van der Waals surface area contributed by atoms with Gasteiger partial charge in [-0.15, -0.1) is 0 Å². The molecule has 98 valence electrons. The van der Waals surface area contributed by atoms with E-state index in [2.05, 4.69) is 20.6 Å². The summed E-state index contributed by atoms with van der Waals surface area (Å²) < 4.78 is 5.56. The molecule has 0 bridgehead atoms. The van der Waals surface area contributed by atoms with Gasteiger partial charge in [-0.3, -0.25) is 0 Å². The van der Waals surface area contributed by atoms with E-state index < -0.39 is 12.2 Å². The molecule has 6 N–H and O–H groups in total. The SMILES string of the molecule is Nc1ncc2c(n1)NC([C@H]1C[C@H](O)[C@@H](CO)O1)N2.